The van der Waals surface area contributed by atoms with Gasteiger partial charge in [-0.2, -0.15) is 0 Å². The third-order valence-corrected chi connectivity index (χ3v) is 3.83. The zero-order valence-electron chi connectivity index (χ0n) is 12.9. The van der Waals surface area contributed by atoms with Gasteiger partial charge in [0.05, 0.1) is 0 Å². The summed E-state index contributed by atoms with van der Waals surface area (Å²) in [7, 11) is 0. The maximum absolute atomic E-state index is 12.1. The minimum Gasteiger partial charge on any atom is -0.322 e. The van der Waals surface area contributed by atoms with Gasteiger partial charge in [-0.3, -0.25) is 4.79 Å². The Hall–Kier alpha value is -1.84. The van der Waals surface area contributed by atoms with Gasteiger partial charge in [0.1, 0.15) is 0 Å². The van der Waals surface area contributed by atoms with E-state index in [4.69, 9.17) is 17.0 Å². The highest BCUT2D eigenvalue weighted by Crippen LogP contribution is 2.16. The summed E-state index contributed by atoms with van der Waals surface area (Å²) in [4.78, 5) is 12.1. The maximum atomic E-state index is 12.1. The van der Waals surface area contributed by atoms with Crippen LogP contribution in [-0.4, -0.2) is 12.1 Å². The fourth-order valence-electron chi connectivity index (χ4n) is 2.15. The Labute approximate surface area is 148 Å². The van der Waals surface area contributed by atoms with E-state index in [1.54, 1.807) is 24.3 Å². The highest BCUT2D eigenvalue weighted by Gasteiger charge is 2.07. The molecule has 2 rings (SSSR count). The molecule has 0 saturated carbocycles. The van der Waals surface area contributed by atoms with E-state index in [1.165, 1.54) is 11.8 Å². The van der Waals surface area contributed by atoms with Gasteiger partial charge < -0.3 is 10.7 Å². The third-order valence-electron chi connectivity index (χ3n) is 3.58. The van der Waals surface area contributed by atoms with Gasteiger partial charge in [0.2, 0.25) is 0 Å². The van der Waals surface area contributed by atoms with Crippen LogP contribution in [0.2, 0.25) is 5.02 Å². The normalized spacial score (nSPS) is 11.2. The standard InChI is InChI=1S/C18H19ClN2O.ClH/c1-2-13(12-20)11-14-3-9-17(10-4-14)21-18(22)15-5-7-16(19)8-6-15;/h3-10,12-13,20H,2,11H2,1H3,(H,21,22);1H. The highest BCUT2D eigenvalue weighted by molar-refractivity contribution is 6.30. The lowest BCUT2D eigenvalue weighted by Crippen LogP contribution is -2.11. The Bertz CT molecular complexity index is 639. The minimum absolute atomic E-state index is 0. The fraction of sp³-hybridized carbons (Fsp3) is 0.222. The summed E-state index contributed by atoms with van der Waals surface area (Å²) in [6.45, 7) is 2.08. The quantitative estimate of drug-likeness (QED) is 0.688. The van der Waals surface area contributed by atoms with E-state index in [0.29, 0.717) is 10.6 Å². The molecule has 2 aromatic carbocycles. The van der Waals surface area contributed by atoms with E-state index in [1.807, 2.05) is 24.3 Å². The molecule has 0 saturated heterocycles. The van der Waals surface area contributed by atoms with Crippen molar-refractivity contribution in [1.82, 2.24) is 0 Å². The van der Waals surface area contributed by atoms with E-state index < -0.39 is 0 Å². The van der Waals surface area contributed by atoms with Crippen molar-refractivity contribution in [2.45, 2.75) is 19.8 Å². The van der Waals surface area contributed by atoms with Gasteiger partial charge in [-0.05, 0) is 66.9 Å². The molecule has 2 aromatic rings. The van der Waals surface area contributed by atoms with Crippen molar-refractivity contribution in [2.75, 3.05) is 5.32 Å². The van der Waals surface area contributed by atoms with Crippen LogP contribution in [0, 0.1) is 11.3 Å². The number of rotatable bonds is 6. The molecular weight excluding hydrogens is 331 g/mol. The molecule has 0 aromatic heterocycles. The first kappa shape index (κ1) is 19.2. The van der Waals surface area contributed by atoms with Gasteiger partial charge in [0, 0.05) is 16.3 Å². The zero-order chi connectivity index (χ0) is 15.9. The lowest BCUT2D eigenvalue weighted by Gasteiger charge is -2.10. The van der Waals surface area contributed by atoms with Crippen LogP contribution in [0.1, 0.15) is 29.3 Å². The van der Waals surface area contributed by atoms with Crippen molar-refractivity contribution in [3.63, 3.8) is 0 Å². The van der Waals surface area contributed by atoms with Crippen LogP contribution < -0.4 is 5.32 Å². The third kappa shape index (κ3) is 5.70. The van der Waals surface area contributed by atoms with Crippen LogP contribution in [0.25, 0.3) is 0 Å². The van der Waals surface area contributed by atoms with E-state index in [-0.39, 0.29) is 24.2 Å². The highest BCUT2D eigenvalue weighted by atomic mass is 35.5. The Morgan fingerprint density at radius 1 is 1.17 bits per heavy atom. The number of amides is 1. The SMILES string of the molecule is CCC(C=N)Cc1ccc(NC(=O)c2ccc(Cl)cc2)cc1.Cl. The summed E-state index contributed by atoms with van der Waals surface area (Å²) in [5.41, 5.74) is 2.50. The average Bonchev–Trinajstić information content (AvgIpc) is 2.54. The van der Waals surface area contributed by atoms with Crippen molar-refractivity contribution < 1.29 is 4.79 Å². The summed E-state index contributed by atoms with van der Waals surface area (Å²) in [5.74, 6) is 0.116. The molecule has 1 amide bonds. The Balaban J connectivity index is 0.00000264. The summed E-state index contributed by atoms with van der Waals surface area (Å²) in [5, 5.41) is 10.8. The molecule has 0 aliphatic heterocycles. The van der Waals surface area contributed by atoms with Crippen molar-refractivity contribution in [2.24, 2.45) is 5.92 Å². The predicted octanol–water partition coefficient (Wildman–Crippen LogP) is 5.23. The molecular formula is C18H20Cl2N2O. The molecule has 0 heterocycles. The van der Waals surface area contributed by atoms with Gasteiger partial charge in [0.25, 0.3) is 5.91 Å². The summed E-state index contributed by atoms with van der Waals surface area (Å²) in [6, 6.07) is 14.5. The van der Waals surface area contributed by atoms with E-state index in [0.717, 1.165) is 18.5 Å². The number of halogens is 2. The number of benzene rings is 2. The number of carbonyl (C=O) groups excluding carboxylic acids is 1. The molecule has 3 nitrogen and oxygen atoms in total. The van der Waals surface area contributed by atoms with Gasteiger partial charge in [-0.15, -0.1) is 12.4 Å². The number of carbonyl (C=O) groups is 1. The van der Waals surface area contributed by atoms with E-state index in [9.17, 15) is 4.79 Å². The molecule has 0 aliphatic carbocycles. The molecule has 0 bridgehead atoms. The zero-order valence-corrected chi connectivity index (χ0v) is 14.5. The monoisotopic (exact) mass is 350 g/mol. The first-order chi connectivity index (χ1) is 10.6. The largest absolute Gasteiger partial charge is 0.322 e. The van der Waals surface area contributed by atoms with Crippen LogP contribution in [0.4, 0.5) is 5.69 Å². The minimum atomic E-state index is -0.157. The van der Waals surface area contributed by atoms with Crippen molar-refractivity contribution >= 4 is 41.8 Å². The lowest BCUT2D eigenvalue weighted by atomic mass is 9.98. The van der Waals surface area contributed by atoms with Gasteiger partial charge >= 0.3 is 0 Å². The van der Waals surface area contributed by atoms with Crippen LogP contribution in [-0.2, 0) is 6.42 Å². The molecule has 0 spiro atoms. The van der Waals surface area contributed by atoms with E-state index in [2.05, 4.69) is 12.2 Å². The van der Waals surface area contributed by atoms with Crippen molar-refractivity contribution in [1.29, 1.82) is 5.41 Å². The van der Waals surface area contributed by atoms with Crippen LogP contribution in [0.5, 0.6) is 0 Å². The number of hydrogen-bond acceptors (Lipinski definition) is 2. The molecule has 0 aliphatic rings. The second kappa shape index (κ2) is 9.33. The van der Waals surface area contributed by atoms with Gasteiger partial charge in [-0.1, -0.05) is 30.7 Å². The summed E-state index contributed by atoms with van der Waals surface area (Å²) in [6.07, 6.45) is 3.31. The second-order valence-electron chi connectivity index (χ2n) is 5.20. The Kier molecular flexibility index (Phi) is 7.79. The first-order valence-electron chi connectivity index (χ1n) is 7.29. The van der Waals surface area contributed by atoms with Crippen LogP contribution in [0.3, 0.4) is 0 Å². The number of nitrogens with one attached hydrogen (secondary N) is 2. The molecule has 122 valence electrons. The van der Waals surface area contributed by atoms with Crippen LogP contribution in [0.15, 0.2) is 48.5 Å². The predicted molar refractivity (Wildman–Crippen MR) is 99.4 cm³/mol. The molecule has 1 unspecified atom stereocenters. The maximum Gasteiger partial charge on any atom is 0.255 e. The molecule has 0 fully saturated rings. The van der Waals surface area contributed by atoms with Gasteiger partial charge in [-0.25, -0.2) is 0 Å². The molecule has 2 N–H and O–H groups in total. The Morgan fingerprint density at radius 3 is 2.30 bits per heavy atom. The molecule has 23 heavy (non-hydrogen) atoms. The summed E-state index contributed by atoms with van der Waals surface area (Å²) >= 11 is 5.81. The number of hydrogen-bond donors (Lipinski definition) is 2. The Morgan fingerprint density at radius 2 is 1.78 bits per heavy atom. The van der Waals surface area contributed by atoms with Crippen LogP contribution >= 0.6 is 24.0 Å². The molecule has 0 radical (unpaired) electrons. The van der Waals surface area contributed by atoms with Crippen molar-refractivity contribution in [3.05, 3.63) is 64.7 Å². The lowest BCUT2D eigenvalue weighted by molar-refractivity contribution is 0.102. The smallest absolute Gasteiger partial charge is 0.255 e. The van der Waals surface area contributed by atoms with E-state index >= 15 is 0 Å². The molecule has 5 heteroatoms. The second-order valence-corrected chi connectivity index (χ2v) is 5.63. The van der Waals surface area contributed by atoms with Crippen molar-refractivity contribution in [3.8, 4) is 0 Å². The first-order valence-corrected chi connectivity index (χ1v) is 7.66. The fourth-order valence-corrected chi connectivity index (χ4v) is 2.28. The number of anilines is 1. The topological polar surface area (TPSA) is 53.0 Å². The summed E-state index contributed by atoms with van der Waals surface area (Å²) < 4.78 is 0. The average molecular weight is 351 g/mol. The molecule has 1 atom stereocenters. The van der Waals surface area contributed by atoms with Gasteiger partial charge in [0.15, 0.2) is 0 Å².